The number of benzene rings is 1. The molecule has 1 fully saturated rings. The monoisotopic (exact) mass is 235 g/mol. The van der Waals surface area contributed by atoms with Crippen molar-refractivity contribution in [2.45, 2.75) is 32.0 Å². The van der Waals surface area contributed by atoms with Crippen LogP contribution >= 0.6 is 0 Å². The fourth-order valence-corrected chi connectivity index (χ4v) is 2.31. The third kappa shape index (κ3) is 2.99. The molecule has 0 aliphatic carbocycles. The molecule has 0 unspecified atom stereocenters. The summed E-state index contributed by atoms with van der Waals surface area (Å²) < 4.78 is 5.37. The first-order chi connectivity index (χ1) is 8.20. The van der Waals surface area contributed by atoms with E-state index in [-0.39, 0.29) is 6.10 Å². The number of hydrogen-bond acceptors (Lipinski definition) is 3. The second-order valence-corrected chi connectivity index (χ2v) is 4.69. The molecule has 1 saturated heterocycles. The summed E-state index contributed by atoms with van der Waals surface area (Å²) >= 11 is 0. The Kier molecular flexibility index (Phi) is 4.02. The molecule has 1 heterocycles. The van der Waals surface area contributed by atoms with Gasteiger partial charge in [0.1, 0.15) is 0 Å². The van der Waals surface area contributed by atoms with E-state index in [1.165, 1.54) is 5.69 Å². The molecule has 1 aromatic carbocycles. The van der Waals surface area contributed by atoms with Gasteiger partial charge in [-0.05, 0) is 37.5 Å². The molecule has 2 rings (SSSR count). The van der Waals surface area contributed by atoms with E-state index < -0.39 is 0 Å². The average molecular weight is 235 g/mol. The van der Waals surface area contributed by atoms with Crippen LogP contribution in [-0.2, 0) is 4.74 Å². The first kappa shape index (κ1) is 12.4. The molecule has 1 aromatic rings. The van der Waals surface area contributed by atoms with Crippen LogP contribution in [0.3, 0.4) is 0 Å². The Morgan fingerprint density at radius 3 is 2.29 bits per heavy atom. The van der Waals surface area contributed by atoms with Crippen LogP contribution in [0.15, 0.2) is 24.3 Å². The van der Waals surface area contributed by atoms with Crippen LogP contribution in [0.5, 0.6) is 0 Å². The Balaban J connectivity index is 1.99. The Hall–Kier alpha value is -1.06. The second-order valence-electron chi connectivity index (χ2n) is 4.69. The summed E-state index contributed by atoms with van der Waals surface area (Å²) in [4.78, 5) is 2.38. The van der Waals surface area contributed by atoms with Gasteiger partial charge >= 0.3 is 0 Å². The van der Waals surface area contributed by atoms with E-state index in [1.807, 2.05) is 12.1 Å². The molecule has 0 amide bonds. The number of aliphatic hydroxyl groups is 1. The van der Waals surface area contributed by atoms with Crippen molar-refractivity contribution in [1.29, 1.82) is 0 Å². The van der Waals surface area contributed by atoms with Gasteiger partial charge in [0.25, 0.3) is 0 Å². The highest BCUT2D eigenvalue weighted by molar-refractivity contribution is 5.48. The van der Waals surface area contributed by atoms with Crippen molar-refractivity contribution < 1.29 is 9.84 Å². The quantitative estimate of drug-likeness (QED) is 0.873. The van der Waals surface area contributed by atoms with Crippen LogP contribution in [0.1, 0.15) is 31.4 Å². The summed E-state index contributed by atoms with van der Waals surface area (Å²) in [5, 5.41) is 9.46. The van der Waals surface area contributed by atoms with E-state index >= 15 is 0 Å². The van der Waals surface area contributed by atoms with Gasteiger partial charge in [0, 0.05) is 25.9 Å². The van der Waals surface area contributed by atoms with Gasteiger partial charge in [-0.3, -0.25) is 0 Å². The number of aliphatic hydroxyl groups excluding tert-OH is 1. The minimum Gasteiger partial charge on any atom is -0.389 e. The number of anilines is 1. The first-order valence-corrected chi connectivity index (χ1v) is 6.26. The molecule has 94 valence electrons. The average Bonchev–Trinajstić information content (AvgIpc) is 2.39. The maximum absolute atomic E-state index is 9.46. The summed E-state index contributed by atoms with van der Waals surface area (Å²) in [6.07, 6.45) is 2.22. The molecule has 3 heteroatoms. The highest BCUT2D eigenvalue weighted by Gasteiger charge is 2.18. The zero-order chi connectivity index (χ0) is 12.3. The molecule has 0 bridgehead atoms. The number of hydrogen-bond donors (Lipinski definition) is 1. The third-order valence-corrected chi connectivity index (χ3v) is 3.52. The molecular formula is C14H21NO2. The summed E-state index contributed by atoms with van der Waals surface area (Å²) in [6, 6.07) is 8.19. The first-order valence-electron chi connectivity index (χ1n) is 6.26. The zero-order valence-electron chi connectivity index (χ0n) is 10.6. The van der Waals surface area contributed by atoms with Gasteiger partial charge in [0.05, 0.1) is 12.2 Å². The number of piperidine rings is 1. The fourth-order valence-electron chi connectivity index (χ4n) is 2.31. The summed E-state index contributed by atoms with van der Waals surface area (Å²) in [5.41, 5.74) is 2.21. The molecule has 0 saturated carbocycles. The van der Waals surface area contributed by atoms with Crippen molar-refractivity contribution in [3.8, 4) is 0 Å². The van der Waals surface area contributed by atoms with Crippen LogP contribution in [0.2, 0.25) is 0 Å². The number of nitrogens with zero attached hydrogens (tertiary/aromatic N) is 1. The number of ether oxygens (including phenoxy) is 1. The van der Waals surface area contributed by atoms with Crippen molar-refractivity contribution >= 4 is 5.69 Å². The molecule has 17 heavy (non-hydrogen) atoms. The Morgan fingerprint density at radius 2 is 1.82 bits per heavy atom. The van der Waals surface area contributed by atoms with Crippen molar-refractivity contribution in [2.75, 3.05) is 25.1 Å². The van der Waals surface area contributed by atoms with Crippen LogP contribution < -0.4 is 4.90 Å². The number of methoxy groups -OCH3 is 1. The minimum absolute atomic E-state index is 0.386. The maximum atomic E-state index is 9.46. The van der Waals surface area contributed by atoms with E-state index in [0.717, 1.165) is 31.5 Å². The van der Waals surface area contributed by atoms with Crippen molar-refractivity contribution in [3.63, 3.8) is 0 Å². The molecule has 0 aromatic heterocycles. The second kappa shape index (κ2) is 5.52. The van der Waals surface area contributed by atoms with Crippen molar-refractivity contribution in [1.82, 2.24) is 0 Å². The maximum Gasteiger partial charge on any atom is 0.0761 e. The molecule has 1 aliphatic rings. The molecule has 0 radical (unpaired) electrons. The summed E-state index contributed by atoms with van der Waals surface area (Å²) in [6.45, 7) is 3.89. The smallest absolute Gasteiger partial charge is 0.0761 e. The van der Waals surface area contributed by atoms with E-state index in [4.69, 9.17) is 4.74 Å². The van der Waals surface area contributed by atoms with Gasteiger partial charge < -0.3 is 14.7 Å². The lowest BCUT2D eigenvalue weighted by molar-refractivity contribution is 0.0819. The van der Waals surface area contributed by atoms with Crippen LogP contribution in [0.25, 0.3) is 0 Å². The Morgan fingerprint density at radius 1 is 1.24 bits per heavy atom. The minimum atomic E-state index is -0.386. The van der Waals surface area contributed by atoms with Crippen LogP contribution in [0, 0.1) is 0 Å². The Labute approximate surface area is 103 Å². The summed E-state index contributed by atoms with van der Waals surface area (Å²) in [7, 11) is 1.79. The van der Waals surface area contributed by atoms with E-state index in [2.05, 4.69) is 17.0 Å². The molecule has 1 aliphatic heterocycles. The van der Waals surface area contributed by atoms with Gasteiger partial charge in [0.15, 0.2) is 0 Å². The molecule has 0 spiro atoms. The van der Waals surface area contributed by atoms with E-state index in [0.29, 0.717) is 6.10 Å². The Bertz CT molecular complexity index is 340. The fraction of sp³-hybridized carbons (Fsp3) is 0.571. The summed E-state index contributed by atoms with van der Waals surface area (Å²) in [5.74, 6) is 0. The third-order valence-electron chi connectivity index (χ3n) is 3.52. The SMILES string of the molecule is COC1CCN(c2ccc([C@@H](C)O)cc2)CC1. The predicted octanol–water partition coefficient (Wildman–Crippen LogP) is 2.36. The van der Waals surface area contributed by atoms with Gasteiger partial charge in [0.2, 0.25) is 0 Å². The van der Waals surface area contributed by atoms with E-state index in [1.54, 1.807) is 14.0 Å². The lowest BCUT2D eigenvalue weighted by atomic mass is 10.1. The zero-order valence-corrected chi connectivity index (χ0v) is 10.6. The topological polar surface area (TPSA) is 32.7 Å². The molecule has 3 nitrogen and oxygen atoms in total. The largest absolute Gasteiger partial charge is 0.389 e. The lowest BCUT2D eigenvalue weighted by Crippen LogP contribution is -2.36. The lowest BCUT2D eigenvalue weighted by Gasteiger charge is -2.33. The standard InChI is InChI=1S/C14H21NO2/c1-11(16)12-3-5-13(6-4-12)15-9-7-14(17-2)8-10-15/h3-6,11,14,16H,7-10H2,1-2H3/t11-/m1/s1. The van der Waals surface area contributed by atoms with Crippen molar-refractivity contribution in [3.05, 3.63) is 29.8 Å². The molecular weight excluding hydrogens is 214 g/mol. The molecule has 1 N–H and O–H groups in total. The van der Waals surface area contributed by atoms with Gasteiger partial charge in [-0.2, -0.15) is 0 Å². The van der Waals surface area contributed by atoms with Gasteiger partial charge in [-0.25, -0.2) is 0 Å². The van der Waals surface area contributed by atoms with E-state index in [9.17, 15) is 5.11 Å². The molecule has 1 atom stereocenters. The van der Waals surface area contributed by atoms with Crippen LogP contribution in [0.4, 0.5) is 5.69 Å². The van der Waals surface area contributed by atoms with Crippen LogP contribution in [-0.4, -0.2) is 31.4 Å². The normalized spacial score (nSPS) is 19.4. The highest BCUT2D eigenvalue weighted by atomic mass is 16.5. The van der Waals surface area contributed by atoms with Gasteiger partial charge in [-0.1, -0.05) is 12.1 Å². The van der Waals surface area contributed by atoms with Crippen molar-refractivity contribution in [2.24, 2.45) is 0 Å². The highest BCUT2D eigenvalue weighted by Crippen LogP contribution is 2.23. The number of rotatable bonds is 3. The van der Waals surface area contributed by atoms with Gasteiger partial charge in [-0.15, -0.1) is 0 Å². The predicted molar refractivity (Wildman–Crippen MR) is 69.3 cm³/mol.